The number of hydrogen-bond acceptors (Lipinski definition) is 3. The maximum atomic E-state index is 12.1. The molecule has 1 heterocycles. The first kappa shape index (κ1) is 16.0. The molecule has 0 radical (unpaired) electrons. The molecule has 20 heavy (non-hydrogen) atoms. The van der Waals surface area contributed by atoms with Crippen molar-refractivity contribution in [1.29, 1.82) is 0 Å². The fourth-order valence-electron chi connectivity index (χ4n) is 1.93. The van der Waals surface area contributed by atoms with E-state index in [0.29, 0.717) is 11.3 Å². The third-order valence-electron chi connectivity index (χ3n) is 3.26. The molecule has 6 heteroatoms. The molecular formula is C14H19ClN4O. The van der Waals surface area contributed by atoms with Gasteiger partial charge in [0.25, 0.3) is 5.91 Å². The first-order valence-corrected chi connectivity index (χ1v) is 6.14. The monoisotopic (exact) mass is 294 g/mol. The van der Waals surface area contributed by atoms with Crippen LogP contribution in [0.5, 0.6) is 0 Å². The van der Waals surface area contributed by atoms with Crippen LogP contribution in [0.15, 0.2) is 30.5 Å². The number of amides is 1. The molecule has 3 N–H and O–H groups in total. The third kappa shape index (κ3) is 3.30. The van der Waals surface area contributed by atoms with Crippen molar-refractivity contribution in [2.45, 2.75) is 19.9 Å². The third-order valence-corrected chi connectivity index (χ3v) is 3.26. The van der Waals surface area contributed by atoms with Crippen molar-refractivity contribution in [2.24, 2.45) is 7.05 Å². The van der Waals surface area contributed by atoms with E-state index in [1.165, 1.54) is 0 Å². The van der Waals surface area contributed by atoms with Gasteiger partial charge in [-0.3, -0.25) is 9.48 Å². The molecule has 0 saturated heterocycles. The molecule has 1 aromatic carbocycles. The minimum absolute atomic E-state index is 0. The van der Waals surface area contributed by atoms with E-state index in [2.05, 4.69) is 10.4 Å². The Morgan fingerprint density at radius 1 is 1.35 bits per heavy atom. The van der Waals surface area contributed by atoms with Crippen molar-refractivity contribution in [3.8, 4) is 0 Å². The highest BCUT2D eigenvalue weighted by atomic mass is 35.5. The topological polar surface area (TPSA) is 72.9 Å². The number of nitrogens with zero attached hydrogens (tertiary/aromatic N) is 2. The Balaban J connectivity index is 0.00000200. The van der Waals surface area contributed by atoms with Crippen LogP contribution in [0.4, 0.5) is 5.69 Å². The normalized spacial score (nSPS) is 11.6. The first-order valence-electron chi connectivity index (χ1n) is 6.14. The van der Waals surface area contributed by atoms with Crippen LogP contribution in [0, 0.1) is 6.92 Å². The average molecular weight is 295 g/mol. The summed E-state index contributed by atoms with van der Waals surface area (Å²) in [5.74, 6) is -0.115. The zero-order chi connectivity index (χ0) is 14.0. The van der Waals surface area contributed by atoms with Crippen molar-refractivity contribution >= 4 is 24.0 Å². The second-order valence-corrected chi connectivity index (χ2v) is 4.63. The van der Waals surface area contributed by atoms with Crippen molar-refractivity contribution < 1.29 is 4.79 Å². The highest BCUT2D eigenvalue weighted by Crippen LogP contribution is 2.16. The molecule has 5 nitrogen and oxygen atoms in total. The summed E-state index contributed by atoms with van der Waals surface area (Å²) in [6.45, 7) is 3.92. The SMILES string of the molecule is Cc1c(C(C)NC(=O)c2ccc(N)cc2)cnn1C.Cl. The van der Waals surface area contributed by atoms with E-state index in [0.717, 1.165) is 11.3 Å². The summed E-state index contributed by atoms with van der Waals surface area (Å²) in [7, 11) is 1.88. The van der Waals surface area contributed by atoms with E-state index >= 15 is 0 Å². The molecule has 1 unspecified atom stereocenters. The predicted octanol–water partition coefficient (Wildman–Crippen LogP) is 2.22. The lowest BCUT2D eigenvalue weighted by molar-refractivity contribution is 0.0940. The van der Waals surface area contributed by atoms with Crippen LogP contribution in [0.2, 0.25) is 0 Å². The van der Waals surface area contributed by atoms with Gasteiger partial charge in [0, 0.05) is 29.6 Å². The van der Waals surface area contributed by atoms with Gasteiger partial charge in [0.2, 0.25) is 0 Å². The largest absolute Gasteiger partial charge is 0.399 e. The highest BCUT2D eigenvalue weighted by molar-refractivity contribution is 5.94. The molecule has 0 saturated carbocycles. The Kier molecular flexibility index (Phi) is 5.16. The predicted molar refractivity (Wildman–Crippen MR) is 81.9 cm³/mol. The van der Waals surface area contributed by atoms with Crippen LogP contribution >= 0.6 is 12.4 Å². The lowest BCUT2D eigenvalue weighted by Gasteiger charge is -2.13. The molecule has 0 aliphatic heterocycles. The van der Waals surface area contributed by atoms with Gasteiger partial charge >= 0.3 is 0 Å². The summed E-state index contributed by atoms with van der Waals surface area (Å²) in [6.07, 6.45) is 1.78. The number of aromatic nitrogens is 2. The van der Waals surface area contributed by atoms with E-state index in [4.69, 9.17) is 5.73 Å². The number of anilines is 1. The fourth-order valence-corrected chi connectivity index (χ4v) is 1.93. The van der Waals surface area contributed by atoms with Crippen LogP contribution in [-0.4, -0.2) is 15.7 Å². The van der Waals surface area contributed by atoms with Gasteiger partial charge in [-0.15, -0.1) is 12.4 Å². The molecule has 1 amide bonds. The van der Waals surface area contributed by atoms with Gasteiger partial charge < -0.3 is 11.1 Å². The molecule has 0 spiro atoms. The molecule has 2 aromatic rings. The van der Waals surface area contributed by atoms with Gasteiger partial charge in [-0.1, -0.05) is 0 Å². The highest BCUT2D eigenvalue weighted by Gasteiger charge is 2.15. The number of nitrogens with two attached hydrogens (primary N) is 1. The molecule has 1 aromatic heterocycles. The van der Waals surface area contributed by atoms with E-state index in [1.54, 1.807) is 35.1 Å². The van der Waals surface area contributed by atoms with Crippen LogP contribution < -0.4 is 11.1 Å². The molecule has 0 aliphatic rings. The molecule has 0 bridgehead atoms. The Morgan fingerprint density at radius 3 is 2.45 bits per heavy atom. The number of rotatable bonds is 3. The second-order valence-electron chi connectivity index (χ2n) is 4.63. The van der Waals surface area contributed by atoms with Crippen molar-refractivity contribution in [3.63, 3.8) is 0 Å². The summed E-state index contributed by atoms with van der Waals surface area (Å²) in [6, 6.07) is 6.78. The number of nitrogens with one attached hydrogen (secondary N) is 1. The second kappa shape index (κ2) is 6.43. The number of benzene rings is 1. The smallest absolute Gasteiger partial charge is 0.251 e. The minimum Gasteiger partial charge on any atom is -0.399 e. The number of halogens is 1. The Bertz CT molecular complexity index is 592. The summed E-state index contributed by atoms with van der Waals surface area (Å²) in [4.78, 5) is 12.1. The number of aryl methyl sites for hydroxylation is 1. The Hall–Kier alpha value is -2.01. The van der Waals surface area contributed by atoms with Gasteiger partial charge in [0.1, 0.15) is 0 Å². The lowest BCUT2D eigenvalue weighted by Crippen LogP contribution is -2.26. The van der Waals surface area contributed by atoms with Gasteiger partial charge in [-0.25, -0.2) is 0 Å². The van der Waals surface area contributed by atoms with Crippen LogP contribution in [-0.2, 0) is 7.05 Å². The van der Waals surface area contributed by atoms with E-state index in [9.17, 15) is 4.79 Å². The summed E-state index contributed by atoms with van der Waals surface area (Å²) < 4.78 is 1.79. The van der Waals surface area contributed by atoms with Gasteiger partial charge in [0.15, 0.2) is 0 Å². The van der Waals surface area contributed by atoms with Crippen molar-refractivity contribution in [3.05, 3.63) is 47.3 Å². The van der Waals surface area contributed by atoms with Gasteiger partial charge in [-0.2, -0.15) is 5.10 Å². The number of hydrogen-bond donors (Lipinski definition) is 2. The van der Waals surface area contributed by atoms with Crippen LogP contribution in [0.1, 0.15) is 34.6 Å². The van der Waals surface area contributed by atoms with E-state index < -0.39 is 0 Å². The molecular weight excluding hydrogens is 276 g/mol. The Labute approximate surface area is 124 Å². The van der Waals surface area contributed by atoms with E-state index in [-0.39, 0.29) is 24.4 Å². The average Bonchev–Trinajstić information content (AvgIpc) is 2.70. The molecule has 0 fully saturated rings. The summed E-state index contributed by atoms with van der Waals surface area (Å²) in [5.41, 5.74) is 8.91. The molecule has 0 aliphatic carbocycles. The maximum absolute atomic E-state index is 12.1. The quantitative estimate of drug-likeness (QED) is 0.853. The number of carbonyl (C=O) groups is 1. The summed E-state index contributed by atoms with van der Waals surface area (Å²) >= 11 is 0. The Morgan fingerprint density at radius 2 is 1.95 bits per heavy atom. The van der Waals surface area contributed by atoms with Crippen molar-refractivity contribution in [1.82, 2.24) is 15.1 Å². The lowest BCUT2D eigenvalue weighted by atomic mass is 10.1. The number of nitrogen functional groups attached to an aromatic ring is 1. The number of carbonyl (C=O) groups excluding carboxylic acids is 1. The minimum atomic E-state index is -0.115. The zero-order valence-electron chi connectivity index (χ0n) is 11.8. The van der Waals surface area contributed by atoms with Crippen LogP contribution in [0.3, 0.4) is 0 Å². The molecule has 2 rings (SSSR count). The maximum Gasteiger partial charge on any atom is 0.251 e. The summed E-state index contributed by atoms with van der Waals surface area (Å²) in [5, 5.41) is 7.13. The standard InChI is InChI=1S/C14H18N4O.ClH/c1-9(13-8-16-18(3)10(13)2)17-14(19)11-4-6-12(15)7-5-11;/h4-9H,15H2,1-3H3,(H,17,19);1H. The first-order chi connectivity index (χ1) is 8.99. The van der Waals surface area contributed by atoms with Gasteiger partial charge in [-0.05, 0) is 38.1 Å². The van der Waals surface area contributed by atoms with Crippen molar-refractivity contribution in [2.75, 3.05) is 5.73 Å². The zero-order valence-corrected chi connectivity index (χ0v) is 12.6. The fraction of sp³-hybridized carbons (Fsp3) is 0.286. The molecule has 108 valence electrons. The molecule has 1 atom stereocenters. The van der Waals surface area contributed by atoms with Gasteiger partial charge in [0.05, 0.1) is 12.2 Å². The van der Waals surface area contributed by atoms with Crippen LogP contribution in [0.25, 0.3) is 0 Å². The van der Waals surface area contributed by atoms with E-state index in [1.807, 2.05) is 20.9 Å².